The topological polar surface area (TPSA) is 84.3 Å². The zero-order chi connectivity index (χ0) is 17.8. The van der Waals surface area contributed by atoms with Crippen LogP contribution in [0.2, 0.25) is 0 Å². The molecule has 130 valence electrons. The molecule has 0 radical (unpaired) electrons. The number of anilines is 1. The lowest BCUT2D eigenvalue weighted by atomic mass is 10.1. The molecule has 0 unspecified atom stereocenters. The molecule has 0 atom stereocenters. The normalized spacial score (nSPS) is 14.2. The van der Waals surface area contributed by atoms with E-state index in [1.54, 1.807) is 24.1 Å². The molecule has 1 N–H and O–H groups in total. The molecular weight excluding hydrogens is 320 g/mol. The van der Waals surface area contributed by atoms with Gasteiger partial charge >= 0.3 is 0 Å². The van der Waals surface area contributed by atoms with Gasteiger partial charge in [0.2, 0.25) is 0 Å². The molecule has 7 nitrogen and oxygen atoms in total. The standard InChI is InChI=1S/C18H20N4O3/c1-21-12-14(17(24)22-9-3-2-4-10-22)11-15(18(21)25)20-16(23)13-5-7-19-8-6-13/h5-8,11-12H,2-4,9-10H2,1H3,(H,20,23). The fourth-order valence-corrected chi connectivity index (χ4v) is 2.90. The van der Waals surface area contributed by atoms with Crippen LogP contribution in [0.25, 0.3) is 0 Å². The number of hydrogen-bond donors (Lipinski definition) is 1. The number of carbonyl (C=O) groups excluding carboxylic acids is 2. The van der Waals surface area contributed by atoms with Gasteiger partial charge in [-0.2, -0.15) is 0 Å². The third-order valence-electron chi connectivity index (χ3n) is 4.26. The van der Waals surface area contributed by atoms with E-state index in [9.17, 15) is 14.4 Å². The van der Waals surface area contributed by atoms with Gasteiger partial charge in [0.05, 0.1) is 5.56 Å². The number of amides is 2. The minimum absolute atomic E-state index is 0.0900. The van der Waals surface area contributed by atoms with Crippen LogP contribution in [-0.2, 0) is 7.05 Å². The molecule has 0 aliphatic carbocycles. The average molecular weight is 340 g/mol. The molecule has 3 heterocycles. The van der Waals surface area contributed by atoms with Crippen LogP contribution in [0, 0.1) is 0 Å². The summed E-state index contributed by atoms with van der Waals surface area (Å²) < 4.78 is 1.32. The van der Waals surface area contributed by atoms with Gasteiger partial charge in [0.25, 0.3) is 17.4 Å². The predicted molar refractivity (Wildman–Crippen MR) is 93.6 cm³/mol. The first kappa shape index (κ1) is 16.9. The Kier molecular flexibility index (Phi) is 4.92. The van der Waals surface area contributed by atoms with Crippen molar-refractivity contribution < 1.29 is 9.59 Å². The minimum Gasteiger partial charge on any atom is -0.339 e. The molecule has 0 spiro atoms. The van der Waals surface area contributed by atoms with E-state index in [-0.39, 0.29) is 17.2 Å². The first-order chi connectivity index (χ1) is 12.1. The van der Waals surface area contributed by atoms with Crippen LogP contribution >= 0.6 is 0 Å². The molecule has 2 aromatic rings. The number of hydrogen-bond acceptors (Lipinski definition) is 4. The van der Waals surface area contributed by atoms with Crippen LogP contribution in [0.1, 0.15) is 40.0 Å². The summed E-state index contributed by atoms with van der Waals surface area (Å²) in [5.74, 6) is -0.531. The third kappa shape index (κ3) is 3.76. The van der Waals surface area contributed by atoms with Crippen LogP contribution < -0.4 is 10.9 Å². The Morgan fingerprint density at radius 2 is 1.76 bits per heavy atom. The number of piperidine rings is 1. The van der Waals surface area contributed by atoms with E-state index < -0.39 is 5.91 Å². The Bertz CT molecular complexity index is 839. The number of nitrogens with one attached hydrogen (secondary N) is 1. The van der Waals surface area contributed by atoms with Crippen molar-refractivity contribution in [2.24, 2.45) is 7.05 Å². The summed E-state index contributed by atoms with van der Waals surface area (Å²) in [5.41, 5.74) is 0.517. The minimum atomic E-state index is -0.415. The largest absolute Gasteiger partial charge is 0.339 e. The Labute approximate surface area is 145 Å². The number of pyridine rings is 2. The number of nitrogens with zero attached hydrogens (tertiary/aromatic N) is 3. The maximum absolute atomic E-state index is 12.7. The lowest BCUT2D eigenvalue weighted by Gasteiger charge is -2.27. The molecule has 7 heteroatoms. The summed E-state index contributed by atoms with van der Waals surface area (Å²) in [6, 6.07) is 4.57. The number of rotatable bonds is 3. The lowest BCUT2D eigenvalue weighted by molar-refractivity contribution is 0.0723. The highest BCUT2D eigenvalue weighted by Crippen LogP contribution is 2.15. The molecule has 25 heavy (non-hydrogen) atoms. The van der Waals surface area contributed by atoms with Gasteiger partial charge in [-0.15, -0.1) is 0 Å². The number of carbonyl (C=O) groups is 2. The summed E-state index contributed by atoms with van der Waals surface area (Å²) in [6.07, 6.45) is 7.63. The van der Waals surface area contributed by atoms with Gasteiger partial charge in [-0.3, -0.25) is 19.4 Å². The molecular formula is C18H20N4O3. The van der Waals surface area contributed by atoms with E-state index in [0.717, 1.165) is 32.4 Å². The Hall–Kier alpha value is -2.96. The van der Waals surface area contributed by atoms with E-state index in [2.05, 4.69) is 10.3 Å². The zero-order valence-electron chi connectivity index (χ0n) is 14.1. The van der Waals surface area contributed by atoms with Gasteiger partial charge in [-0.1, -0.05) is 0 Å². The van der Waals surface area contributed by atoms with Gasteiger partial charge in [0.15, 0.2) is 0 Å². The molecule has 3 rings (SSSR count). The SMILES string of the molecule is Cn1cc(C(=O)N2CCCCC2)cc(NC(=O)c2ccncc2)c1=O. The van der Waals surface area contributed by atoms with Gasteiger partial charge in [0, 0.05) is 44.3 Å². The van der Waals surface area contributed by atoms with Crippen molar-refractivity contribution in [2.45, 2.75) is 19.3 Å². The first-order valence-corrected chi connectivity index (χ1v) is 8.27. The van der Waals surface area contributed by atoms with Crippen molar-refractivity contribution in [1.82, 2.24) is 14.5 Å². The van der Waals surface area contributed by atoms with Crippen molar-refractivity contribution in [3.63, 3.8) is 0 Å². The average Bonchev–Trinajstić information content (AvgIpc) is 2.66. The van der Waals surface area contributed by atoms with Gasteiger partial charge < -0.3 is 14.8 Å². The summed E-state index contributed by atoms with van der Waals surface area (Å²) in [4.78, 5) is 42.9. The molecule has 0 bridgehead atoms. The highest BCUT2D eigenvalue weighted by atomic mass is 16.2. The van der Waals surface area contributed by atoms with Crippen LogP contribution in [0.5, 0.6) is 0 Å². The van der Waals surface area contributed by atoms with Crippen LogP contribution in [0.15, 0.2) is 41.6 Å². The second-order valence-corrected chi connectivity index (χ2v) is 6.10. The van der Waals surface area contributed by atoms with Crippen molar-refractivity contribution in [3.05, 3.63) is 58.3 Å². The Balaban J connectivity index is 1.87. The van der Waals surface area contributed by atoms with Crippen molar-refractivity contribution in [2.75, 3.05) is 18.4 Å². The smallest absolute Gasteiger partial charge is 0.274 e. The first-order valence-electron chi connectivity index (χ1n) is 8.27. The summed E-state index contributed by atoms with van der Waals surface area (Å²) in [6.45, 7) is 1.45. The molecule has 2 amide bonds. The second-order valence-electron chi connectivity index (χ2n) is 6.10. The maximum atomic E-state index is 12.7. The van der Waals surface area contributed by atoms with Crippen LogP contribution in [0.3, 0.4) is 0 Å². The van der Waals surface area contributed by atoms with Gasteiger partial charge in [-0.25, -0.2) is 0 Å². The highest BCUT2D eigenvalue weighted by Gasteiger charge is 2.20. The number of aromatic nitrogens is 2. The molecule has 1 aliphatic rings. The molecule has 2 aromatic heterocycles. The van der Waals surface area contributed by atoms with Crippen LogP contribution in [-0.4, -0.2) is 39.4 Å². The lowest BCUT2D eigenvalue weighted by Crippen LogP contribution is -2.36. The van der Waals surface area contributed by atoms with E-state index in [4.69, 9.17) is 0 Å². The Morgan fingerprint density at radius 1 is 1.08 bits per heavy atom. The van der Waals surface area contributed by atoms with Crippen molar-refractivity contribution in [1.29, 1.82) is 0 Å². The summed E-state index contributed by atoms with van der Waals surface area (Å²) >= 11 is 0. The number of likely N-dealkylation sites (tertiary alicyclic amines) is 1. The monoisotopic (exact) mass is 340 g/mol. The van der Waals surface area contributed by atoms with E-state index in [1.165, 1.54) is 29.2 Å². The molecule has 1 fully saturated rings. The van der Waals surface area contributed by atoms with Crippen LogP contribution in [0.4, 0.5) is 5.69 Å². The predicted octanol–water partition coefficient (Wildman–Crippen LogP) is 1.66. The Morgan fingerprint density at radius 3 is 2.44 bits per heavy atom. The van der Waals surface area contributed by atoms with Crippen molar-refractivity contribution in [3.8, 4) is 0 Å². The molecule has 0 saturated carbocycles. The summed E-state index contributed by atoms with van der Waals surface area (Å²) in [7, 11) is 1.57. The number of aryl methyl sites for hydroxylation is 1. The van der Waals surface area contributed by atoms with Gasteiger partial charge in [0.1, 0.15) is 5.69 Å². The highest BCUT2D eigenvalue weighted by molar-refractivity contribution is 6.04. The van der Waals surface area contributed by atoms with E-state index in [1.807, 2.05) is 0 Å². The fraction of sp³-hybridized carbons (Fsp3) is 0.333. The fourth-order valence-electron chi connectivity index (χ4n) is 2.90. The zero-order valence-corrected chi connectivity index (χ0v) is 14.1. The van der Waals surface area contributed by atoms with E-state index in [0.29, 0.717) is 11.1 Å². The molecule has 0 aromatic carbocycles. The molecule has 1 saturated heterocycles. The third-order valence-corrected chi connectivity index (χ3v) is 4.26. The van der Waals surface area contributed by atoms with Gasteiger partial charge in [-0.05, 0) is 37.5 Å². The van der Waals surface area contributed by atoms with E-state index >= 15 is 0 Å². The molecule has 1 aliphatic heterocycles. The van der Waals surface area contributed by atoms with Crippen molar-refractivity contribution >= 4 is 17.5 Å². The second kappa shape index (κ2) is 7.29. The summed E-state index contributed by atoms with van der Waals surface area (Å²) in [5, 5.41) is 2.59. The maximum Gasteiger partial charge on any atom is 0.274 e. The quantitative estimate of drug-likeness (QED) is 0.921.